The van der Waals surface area contributed by atoms with E-state index < -0.39 is 17.3 Å². The molecule has 3 aliphatic rings. The number of alkyl halides is 3. The first-order chi connectivity index (χ1) is 12.1. The van der Waals surface area contributed by atoms with Gasteiger partial charge in [0.25, 0.3) is 0 Å². The first kappa shape index (κ1) is 17.8. The van der Waals surface area contributed by atoms with Crippen LogP contribution in [0.4, 0.5) is 13.2 Å². The molecule has 0 radical (unpaired) electrons. The lowest BCUT2D eigenvalue weighted by Crippen LogP contribution is -2.61. The minimum atomic E-state index is -4.31. The molecule has 1 atom stereocenters. The molecule has 1 heterocycles. The first-order valence-electron chi connectivity index (χ1n) is 9.25. The van der Waals surface area contributed by atoms with Gasteiger partial charge in [0.15, 0.2) is 0 Å². The number of halogens is 3. The van der Waals surface area contributed by atoms with Gasteiger partial charge in [0.2, 0.25) is 5.91 Å². The molecule has 0 aromatic heterocycles. The van der Waals surface area contributed by atoms with Gasteiger partial charge in [-0.2, -0.15) is 13.2 Å². The van der Waals surface area contributed by atoms with Gasteiger partial charge in [0.1, 0.15) is 0 Å². The van der Waals surface area contributed by atoms with Gasteiger partial charge in [-0.15, -0.1) is 0 Å². The van der Waals surface area contributed by atoms with Gasteiger partial charge < -0.3 is 10.0 Å². The molecule has 1 saturated heterocycles. The van der Waals surface area contributed by atoms with Gasteiger partial charge in [-0.1, -0.05) is 18.2 Å². The Labute approximate surface area is 151 Å². The van der Waals surface area contributed by atoms with Crippen molar-refractivity contribution in [1.29, 1.82) is 0 Å². The van der Waals surface area contributed by atoms with Crippen molar-refractivity contribution in [3.05, 3.63) is 35.4 Å². The summed E-state index contributed by atoms with van der Waals surface area (Å²) in [5.41, 5.74) is -0.457. The van der Waals surface area contributed by atoms with E-state index >= 15 is 0 Å². The molecule has 2 saturated carbocycles. The van der Waals surface area contributed by atoms with Crippen LogP contribution in [0.5, 0.6) is 0 Å². The van der Waals surface area contributed by atoms with Crippen molar-refractivity contribution in [3.8, 4) is 0 Å². The maximum Gasteiger partial charge on any atom is 0.416 e. The van der Waals surface area contributed by atoms with Gasteiger partial charge in [0.05, 0.1) is 11.2 Å². The highest BCUT2D eigenvalue weighted by molar-refractivity contribution is 5.81. The normalized spacial score (nSPS) is 33.0. The molecule has 3 nitrogen and oxygen atoms in total. The number of likely N-dealkylation sites (tertiary alicyclic amines) is 1. The molecule has 26 heavy (non-hydrogen) atoms. The molecule has 3 fully saturated rings. The second kappa shape index (κ2) is 5.72. The van der Waals surface area contributed by atoms with Crippen LogP contribution in [-0.2, 0) is 11.0 Å². The Morgan fingerprint density at radius 1 is 1.23 bits per heavy atom. The number of carbonyl (C=O) groups is 1. The third-order valence-electron chi connectivity index (χ3n) is 6.47. The molecule has 1 amide bonds. The average molecular weight is 367 g/mol. The fraction of sp³-hybridized carbons (Fsp3) is 0.650. The van der Waals surface area contributed by atoms with E-state index in [0.717, 1.165) is 30.9 Å². The smallest absolute Gasteiger partial charge is 0.390 e. The van der Waals surface area contributed by atoms with Gasteiger partial charge in [-0.05, 0) is 56.6 Å². The van der Waals surface area contributed by atoms with E-state index in [1.54, 1.807) is 13.0 Å². The van der Waals surface area contributed by atoms with Crippen LogP contribution in [0.2, 0.25) is 0 Å². The third kappa shape index (κ3) is 3.13. The number of carbonyl (C=O) groups excluding carboxylic acids is 1. The minimum absolute atomic E-state index is 0.0667. The van der Waals surface area contributed by atoms with Crippen LogP contribution in [0.25, 0.3) is 0 Å². The number of benzene rings is 1. The second-order valence-electron chi connectivity index (χ2n) is 8.86. The molecule has 1 aromatic carbocycles. The number of aliphatic hydroxyl groups is 1. The van der Waals surface area contributed by atoms with Crippen LogP contribution in [0, 0.1) is 11.3 Å². The highest BCUT2D eigenvalue weighted by Gasteiger charge is 2.53. The SMILES string of the molecule is C[C@]1(O)C[C@@H](C(=O)N2CC3(CC[C@H](c4cccc(C(F)(F)F)c4)C3)C2)C1. The van der Waals surface area contributed by atoms with E-state index in [1.165, 1.54) is 12.1 Å². The van der Waals surface area contributed by atoms with Crippen molar-refractivity contribution in [2.45, 2.75) is 56.7 Å². The highest BCUT2D eigenvalue weighted by Crippen LogP contribution is 2.53. The van der Waals surface area contributed by atoms with Gasteiger partial charge in [-0.3, -0.25) is 4.79 Å². The molecule has 1 aliphatic heterocycles. The molecular weight excluding hydrogens is 343 g/mol. The number of nitrogens with zero attached hydrogens (tertiary/aromatic N) is 1. The fourth-order valence-corrected chi connectivity index (χ4v) is 5.10. The number of hydrogen-bond donors (Lipinski definition) is 1. The Morgan fingerprint density at radius 3 is 2.54 bits per heavy atom. The van der Waals surface area contributed by atoms with Crippen LogP contribution < -0.4 is 0 Å². The predicted molar refractivity (Wildman–Crippen MR) is 90.4 cm³/mol. The highest BCUT2D eigenvalue weighted by atomic mass is 19.4. The third-order valence-corrected chi connectivity index (χ3v) is 6.47. The molecule has 1 N–H and O–H groups in total. The minimum Gasteiger partial charge on any atom is -0.390 e. The lowest BCUT2D eigenvalue weighted by atomic mass is 9.69. The number of rotatable bonds is 2. The van der Waals surface area contributed by atoms with Crippen LogP contribution in [-0.4, -0.2) is 34.6 Å². The molecule has 142 valence electrons. The molecule has 0 unspecified atom stereocenters. The monoisotopic (exact) mass is 367 g/mol. The van der Waals surface area contributed by atoms with Crippen LogP contribution >= 0.6 is 0 Å². The average Bonchev–Trinajstić information content (AvgIpc) is 2.95. The largest absolute Gasteiger partial charge is 0.416 e. The fourth-order valence-electron chi connectivity index (χ4n) is 5.10. The topological polar surface area (TPSA) is 40.5 Å². The second-order valence-corrected chi connectivity index (χ2v) is 8.86. The maximum atomic E-state index is 12.9. The van der Waals surface area contributed by atoms with Gasteiger partial charge >= 0.3 is 6.18 Å². The van der Waals surface area contributed by atoms with Crippen molar-refractivity contribution in [2.75, 3.05) is 13.1 Å². The summed E-state index contributed by atoms with van der Waals surface area (Å²) in [6.07, 6.45) is -0.567. The quantitative estimate of drug-likeness (QED) is 0.860. The molecular formula is C20H24F3NO2. The number of hydrogen-bond acceptors (Lipinski definition) is 2. The summed E-state index contributed by atoms with van der Waals surface area (Å²) < 4.78 is 38.8. The van der Waals surface area contributed by atoms with E-state index in [2.05, 4.69) is 0 Å². The van der Waals surface area contributed by atoms with Crippen molar-refractivity contribution in [3.63, 3.8) is 0 Å². The van der Waals surface area contributed by atoms with E-state index in [9.17, 15) is 23.1 Å². The lowest BCUT2D eigenvalue weighted by molar-refractivity contribution is -0.161. The summed E-state index contributed by atoms with van der Waals surface area (Å²) in [5, 5.41) is 9.80. The summed E-state index contributed by atoms with van der Waals surface area (Å²) >= 11 is 0. The molecule has 2 aliphatic carbocycles. The summed E-state index contributed by atoms with van der Waals surface area (Å²) in [7, 11) is 0. The van der Waals surface area contributed by atoms with Crippen molar-refractivity contribution in [1.82, 2.24) is 4.90 Å². The van der Waals surface area contributed by atoms with E-state index in [0.29, 0.717) is 25.9 Å². The Balaban J connectivity index is 1.36. The Hall–Kier alpha value is -1.56. The summed E-state index contributed by atoms with van der Waals surface area (Å²) in [5.74, 6) is 0.201. The van der Waals surface area contributed by atoms with Crippen molar-refractivity contribution in [2.24, 2.45) is 11.3 Å². The molecule has 4 rings (SSSR count). The molecule has 1 aromatic rings. The molecule has 1 spiro atoms. The van der Waals surface area contributed by atoms with Crippen LogP contribution in [0.1, 0.15) is 56.1 Å². The summed E-state index contributed by atoms with van der Waals surface area (Å²) in [4.78, 5) is 14.3. The zero-order valence-corrected chi connectivity index (χ0v) is 14.9. The van der Waals surface area contributed by atoms with E-state index in [-0.39, 0.29) is 23.2 Å². The zero-order valence-electron chi connectivity index (χ0n) is 14.9. The Morgan fingerprint density at radius 2 is 1.92 bits per heavy atom. The van der Waals surface area contributed by atoms with E-state index in [4.69, 9.17) is 0 Å². The Kier molecular flexibility index (Phi) is 3.92. The van der Waals surface area contributed by atoms with Crippen molar-refractivity contribution < 1.29 is 23.1 Å². The van der Waals surface area contributed by atoms with Crippen molar-refractivity contribution >= 4 is 5.91 Å². The molecule has 6 heteroatoms. The van der Waals surface area contributed by atoms with Crippen LogP contribution in [0.3, 0.4) is 0 Å². The van der Waals surface area contributed by atoms with Gasteiger partial charge in [-0.25, -0.2) is 0 Å². The van der Waals surface area contributed by atoms with Crippen LogP contribution in [0.15, 0.2) is 24.3 Å². The lowest BCUT2D eigenvalue weighted by Gasteiger charge is -2.52. The number of amides is 1. The summed E-state index contributed by atoms with van der Waals surface area (Å²) in [6.45, 7) is 3.17. The predicted octanol–water partition coefficient (Wildman–Crippen LogP) is 3.96. The summed E-state index contributed by atoms with van der Waals surface area (Å²) in [6, 6.07) is 5.67. The first-order valence-corrected chi connectivity index (χ1v) is 9.25. The molecule has 0 bridgehead atoms. The Bertz CT molecular complexity index is 714. The van der Waals surface area contributed by atoms with Gasteiger partial charge in [0, 0.05) is 24.4 Å². The van der Waals surface area contributed by atoms with E-state index in [1.807, 2.05) is 4.90 Å². The zero-order chi connectivity index (χ0) is 18.7. The maximum absolute atomic E-state index is 12.9. The standard InChI is InChI=1S/C20H24F3NO2/c1-18(26)8-15(9-18)17(25)24-11-19(12-24)6-5-14(10-19)13-3-2-4-16(7-13)20(21,22)23/h2-4,7,14-15,26H,5-6,8-12H2,1H3/t14-,15-,18+/m0/s1.